The summed E-state index contributed by atoms with van der Waals surface area (Å²) in [6.07, 6.45) is 3.42. The van der Waals surface area contributed by atoms with Crippen molar-refractivity contribution in [3.05, 3.63) is 42.6 Å². The van der Waals surface area contributed by atoms with Crippen molar-refractivity contribution in [2.45, 2.75) is 31.7 Å². The van der Waals surface area contributed by atoms with Gasteiger partial charge in [-0.25, -0.2) is 9.50 Å². The van der Waals surface area contributed by atoms with E-state index in [1.165, 1.54) is 0 Å². The number of hydrogen-bond donors (Lipinski definition) is 3. The number of ether oxygens (including phenoxy) is 1. The Morgan fingerprint density at radius 3 is 2.60 bits per heavy atom. The van der Waals surface area contributed by atoms with Crippen LogP contribution < -0.4 is 10.6 Å². The number of aliphatic carboxylic acids is 1. The molecule has 0 unspecified atom stereocenters. The normalized spacial score (nSPS) is 14.5. The standard InChI is InChI=1S/C21H23N5O4/c27-20(7-8-21(28)29)24-15-3-1-14(2-4-15)17-13-22-19-6-5-18(25-26(17)19)23-16-9-11-30-12-10-16/h1-6,13,16H,7-12H2,(H,23,25)(H,24,27)(H,28,29). The van der Waals surface area contributed by atoms with E-state index in [0.717, 1.165) is 48.8 Å². The largest absolute Gasteiger partial charge is 0.481 e. The SMILES string of the molecule is O=C(O)CCC(=O)Nc1ccc(-c2cnc3ccc(NC4CCOCC4)nn23)cc1. The number of imidazole rings is 1. The minimum Gasteiger partial charge on any atom is -0.481 e. The summed E-state index contributed by atoms with van der Waals surface area (Å²) in [4.78, 5) is 26.8. The van der Waals surface area contributed by atoms with E-state index in [1.807, 2.05) is 24.3 Å². The number of carbonyl (C=O) groups excluding carboxylic acids is 1. The lowest BCUT2D eigenvalue weighted by atomic mass is 10.1. The zero-order valence-electron chi connectivity index (χ0n) is 16.4. The Hall–Kier alpha value is -3.46. The molecule has 1 saturated heterocycles. The van der Waals surface area contributed by atoms with Gasteiger partial charge in [-0.2, -0.15) is 0 Å². The predicted molar refractivity (Wildman–Crippen MR) is 111 cm³/mol. The molecule has 1 amide bonds. The molecule has 30 heavy (non-hydrogen) atoms. The van der Waals surface area contributed by atoms with Crippen molar-refractivity contribution in [2.24, 2.45) is 0 Å². The molecule has 3 N–H and O–H groups in total. The lowest BCUT2D eigenvalue weighted by Crippen LogP contribution is -2.28. The molecular formula is C21H23N5O4. The van der Waals surface area contributed by atoms with Gasteiger partial charge in [0.05, 0.1) is 18.3 Å². The van der Waals surface area contributed by atoms with Crippen molar-refractivity contribution in [1.82, 2.24) is 14.6 Å². The van der Waals surface area contributed by atoms with E-state index >= 15 is 0 Å². The van der Waals surface area contributed by atoms with Gasteiger partial charge in [0.2, 0.25) is 5.91 Å². The Morgan fingerprint density at radius 2 is 1.87 bits per heavy atom. The molecule has 0 atom stereocenters. The lowest BCUT2D eigenvalue weighted by Gasteiger charge is -2.23. The van der Waals surface area contributed by atoms with Crippen LogP contribution in [0.3, 0.4) is 0 Å². The second-order valence-corrected chi connectivity index (χ2v) is 7.18. The van der Waals surface area contributed by atoms with E-state index in [4.69, 9.17) is 14.9 Å². The Kier molecular flexibility index (Phi) is 5.89. The van der Waals surface area contributed by atoms with Gasteiger partial charge in [0.15, 0.2) is 5.65 Å². The molecule has 0 bridgehead atoms. The van der Waals surface area contributed by atoms with E-state index in [1.54, 1.807) is 22.8 Å². The lowest BCUT2D eigenvalue weighted by molar-refractivity contribution is -0.138. The summed E-state index contributed by atoms with van der Waals surface area (Å²) in [5.41, 5.74) is 3.09. The number of benzene rings is 1. The third kappa shape index (κ3) is 4.74. The topological polar surface area (TPSA) is 118 Å². The zero-order chi connectivity index (χ0) is 20.9. The summed E-state index contributed by atoms with van der Waals surface area (Å²) < 4.78 is 7.20. The summed E-state index contributed by atoms with van der Waals surface area (Å²) in [6, 6.07) is 11.5. The first-order valence-corrected chi connectivity index (χ1v) is 9.89. The maximum absolute atomic E-state index is 11.8. The molecule has 1 fully saturated rings. The second kappa shape index (κ2) is 8.91. The van der Waals surface area contributed by atoms with Crippen LogP contribution in [0.5, 0.6) is 0 Å². The zero-order valence-corrected chi connectivity index (χ0v) is 16.4. The van der Waals surface area contributed by atoms with Crippen LogP contribution >= 0.6 is 0 Å². The molecule has 9 nitrogen and oxygen atoms in total. The highest BCUT2D eigenvalue weighted by molar-refractivity contribution is 5.92. The molecule has 3 aromatic rings. The van der Waals surface area contributed by atoms with Crippen LogP contribution in [0.1, 0.15) is 25.7 Å². The molecule has 0 spiro atoms. The number of fused-ring (bicyclic) bond motifs is 1. The van der Waals surface area contributed by atoms with E-state index in [9.17, 15) is 9.59 Å². The minimum atomic E-state index is -0.994. The molecule has 1 aliphatic rings. The van der Waals surface area contributed by atoms with Gasteiger partial charge in [-0.05, 0) is 37.1 Å². The Balaban J connectivity index is 1.49. The van der Waals surface area contributed by atoms with Crippen LogP contribution in [0, 0.1) is 0 Å². The highest BCUT2D eigenvalue weighted by Gasteiger charge is 2.15. The summed E-state index contributed by atoms with van der Waals surface area (Å²) in [6.45, 7) is 1.52. The highest BCUT2D eigenvalue weighted by Crippen LogP contribution is 2.23. The molecule has 156 valence electrons. The Bertz CT molecular complexity index is 1040. The maximum Gasteiger partial charge on any atom is 0.303 e. The van der Waals surface area contributed by atoms with Crippen molar-refractivity contribution >= 4 is 29.0 Å². The summed E-state index contributed by atoms with van der Waals surface area (Å²) in [5.74, 6) is -0.535. The summed E-state index contributed by atoms with van der Waals surface area (Å²) >= 11 is 0. The first kappa shape index (κ1) is 19.8. The van der Waals surface area contributed by atoms with Crippen LogP contribution in [-0.2, 0) is 14.3 Å². The number of nitrogens with zero attached hydrogens (tertiary/aromatic N) is 3. The summed E-state index contributed by atoms with van der Waals surface area (Å²) in [5, 5.41) is 19.5. The van der Waals surface area contributed by atoms with Crippen molar-refractivity contribution in [1.29, 1.82) is 0 Å². The fourth-order valence-corrected chi connectivity index (χ4v) is 3.37. The van der Waals surface area contributed by atoms with Crippen LogP contribution in [0.2, 0.25) is 0 Å². The van der Waals surface area contributed by atoms with E-state index < -0.39 is 5.97 Å². The number of amides is 1. The molecule has 9 heteroatoms. The van der Waals surface area contributed by atoms with Crippen LogP contribution in [0.15, 0.2) is 42.6 Å². The van der Waals surface area contributed by atoms with E-state index in [0.29, 0.717) is 11.7 Å². The maximum atomic E-state index is 11.8. The molecular weight excluding hydrogens is 386 g/mol. The minimum absolute atomic E-state index is 0.0584. The average Bonchev–Trinajstić information content (AvgIpc) is 3.17. The molecule has 4 rings (SSSR count). The molecule has 0 saturated carbocycles. The smallest absolute Gasteiger partial charge is 0.303 e. The molecule has 1 aliphatic heterocycles. The number of aromatic nitrogens is 3. The number of rotatable bonds is 7. The number of carboxylic acids is 1. The summed E-state index contributed by atoms with van der Waals surface area (Å²) in [7, 11) is 0. The highest BCUT2D eigenvalue weighted by atomic mass is 16.5. The van der Waals surface area contributed by atoms with Gasteiger partial charge in [0, 0.05) is 36.9 Å². The van der Waals surface area contributed by atoms with Gasteiger partial charge in [0.25, 0.3) is 0 Å². The predicted octanol–water partition coefficient (Wildman–Crippen LogP) is 2.79. The van der Waals surface area contributed by atoms with Crippen molar-refractivity contribution in [2.75, 3.05) is 23.8 Å². The van der Waals surface area contributed by atoms with Crippen molar-refractivity contribution < 1.29 is 19.4 Å². The number of anilines is 2. The average molecular weight is 409 g/mol. The van der Waals surface area contributed by atoms with Crippen molar-refractivity contribution in [3.8, 4) is 11.3 Å². The van der Waals surface area contributed by atoms with Gasteiger partial charge in [-0.1, -0.05) is 12.1 Å². The van der Waals surface area contributed by atoms with Gasteiger partial charge in [-0.15, -0.1) is 5.10 Å². The quantitative estimate of drug-likeness (QED) is 0.549. The molecule has 0 radical (unpaired) electrons. The van der Waals surface area contributed by atoms with Gasteiger partial charge in [-0.3, -0.25) is 9.59 Å². The van der Waals surface area contributed by atoms with Gasteiger partial charge in [0.1, 0.15) is 5.82 Å². The fraction of sp³-hybridized carbons (Fsp3) is 0.333. The number of hydrogen-bond acceptors (Lipinski definition) is 6. The number of nitrogens with one attached hydrogen (secondary N) is 2. The van der Waals surface area contributed by atoms with E-state index in [-0.39, 0.29) is 18.7 Å². The first-order chi connectivity index (χ1) is 14.6. The Labute approximate surface area is 173 Å². The van der Waals surface area contributed by atoms with Gasteiger partial charge >= 0.3 is 5.97 Å². The van der Waals surface area contributed by atoms with E-state index in [2.05, 4.69) is 15.6 Å². The molecule has 3 heterocycles. The third-order valence-electron chi connectivity index (χ3n) is 4.97. The monoisotopic (exact) mass is 409 g/mol. The third-order valence-corrected chi connectivity index (χ3v) is 4.97. The fourth-order valence-electron chi connectivity index (χ4n) is 3.37. The first-order valence-electron chi connectivity index (χ1n) is 9.89. The van der Waals surface area contributed by atoms with Crippen LogP contribution in [-0.4, -0.2) is 50.8 Å². The molecule has 1 aromatic carbocycles. The number of carboxylic acid groups (broad SMARTS) is 1. The molecule has 2 aromatic heterocycles. The second-order valence-electron chi connectivity index (χ2n) is 7.18. The van der Waals surface area contributed by atoms with Crippen LogP contribution in [0.25, 0.3) is 16.9 Å². The molecule has 0 aliphatic carbocycles. The number of carbonyl (C=O) groups is 2. The Morgan fingerprint density at radius 1 is 1.10 bits per heavy atom. The van der Waals surface area contributed by atoms with Crippen LogP contribution in [0.4, 0.5) is 11.5 Å². The van der Waals surface area contributed by atoms with Crippen molar-refractivity contribution in [3.63, 3.8) is 0 Å². The van der Waals surface area contributed by atoms with Gasteiger partial charge < -0.3 is 20.5 Å².